The van der Waals surface area contributed by atoms with E-state index in [0.717, 1.165) is 30.8 Å². The SMILES string of the molecule is CC[C@H](C(=O)N1CCN(CC)CC1)N(c1ccc(C)c(C)c1)S(C)(=O)=O. The molecule has 0 unspecified atom stereocenters. The maximum Gasteiger partial charge on any atom is 0.246 e. The molecule has 1 aromatic rings. The van der Waals surface area contributed by atoms with Crippen molar-refractivity contribution >= 4 is 21.6 Å². The first-order valence-electron chi connectivity index (χ1n) is 9.26. The number of anilines is 1. The van der Waals surface area contributed by atoms with E-state index >= 15 is 0 Å². The van der Waals surface area contributed by atoms with Crippen molar-refractivity contribution in [1.82, 2.24) is 9.80 Å². The van der Waals surface area contributed by atoms with Crippen molar-refractivity contribution in [3.05, 3.63) is 29.3 Å². The lowest BCUT2D eigenvalue weighted by atomic mass is 10.1. The highest BCUT2D eigenvalue weighted by Crippen LogP contribution is 2.26. The molecule has 1 fully saturated rings. The van der Waals surface area contributed by atoms with Gasteiger partial charge in [-0.1, -0.05) is 19.9 Å². The molecule has 146 valence electrons. The van der Waals surface area contributed by atoms with Gasteiger partial charge in [-0.2, -0.15) is 0 Å². The first kappa shape index (κ1) is 20.7. The van der Waals surface area contributed by atoms with Gasteiger partial charge >= 0.3 is 0 Å². The normalized spacial score (nSPS) is 17.2. The molecule has 1 aliphatic heterocycles. The minimum absolute atomic E-state index is 0.105. The van der Waals surface area contributed by atoms with Crippen LogP contribution in [0, 0.1) is 13.8 Å². The third kappa shape index (κ3) is 4.57. The van der Waals surface area contributed by atoms with E-state index in [1.807, 2.05) is 32.9 Å². The minimum atomic E-state index is -3.58. The molecule has 1 saturated heterocycles. The van der Waals surface area contributed by atoms with Crippen LogP contribution in [0.25, 0.3) is 0 Å². The standard InChI is InChI=1S/C19H31N3O3S/c1-6-18(19(23)21-12-10-20(7-2)11-13-21)22(26(5,24)25)17-9-8-15(3)16(4)14-17/h8-9,14,18H,6-7,10-13H2,1-5H3/t18-/m1/s1. The molecule has 0 bridgehead atoms. The maximum atomic E-state index is 13.1. The lowest BCUT2D eigenvalue weighted by Crippen LogP contribution is -2.55. The second-order valence-corrected chi connectivity index (χ2v) is 8.87. The van der Waals surface area contributed by atoms with Crippen LogP contribution < -0.4 is 4.31 Å². The van der Waals surface area contributed by atoms with E-state index in [2.05, 4.69) is 11.8 Å². The van der Waals surface area contributed by atoms with Crippen LogP contribution >= 0.6 is 0 Å². The molecule has 1 amide bonds. The number of carbonyl (C=O) groups is 1. The van der Waals surface area contributed by atoms with Gasteiger partial charge < -0.3 is 9.80 Å². The molecule has 1 aromatic carbocycles. The number of carbonyl (C=O) groups excluding carboxylic acids is 1. The Hall–Kier alpha value is -1.60. The van der Waals surface area contributed by atoms with Crippen molar-refractivity contribution in [3.8, 4) is 0 Å². The summed E-state index contributed by atoms with van der Waals surface area (Å²) in [5, 5.41) is 0. The molecule has 1 atom stereocenters. The summed E-state index contributed by atoms with van der Waals surface area (Å²) in [6.07, 6.45) is 1.61. The zero-order valence-electron chi connectivity index (χ0n) is 16.5. The molecule has 0 aromatic heterocycles. The fourth-order valence-corrected chi connectivity index (χ4v) is 4.60. The number of amides is 1. The van der Waals surface area contributed by atoms with E-state index in [1.54, 1.807) is 11.0 Å². The molecule has 0 aliphatic carbocycles. The first-order chi connectivity index (χ1) is 12.2. The number of hydrogen-bond acceptors (Lipinski definition) is 4. The molecular weight excluding hydrogens is 350 g/mol. The van der Waals surface area contributed by atoms with Crippen LogP contribution in [-0.4, -0.2) is 69.1 Å². The summed E-state index contributed by atoms with van der Waals surface area (Å²) in [5.74, 6) is -0.105. The van der Waals surface area contributed by atoms with Crippen LogP contribution in [-0.2, 0) is 14.8 Å². The first-order valence-corrected chi connectivity index (χ1v) is 11.1. The van der Waals surface area contributed by atoms with Crippen molar-refractivity contribution in [1.29, 1.82) is 0 Å². The highest BCUT2D eigenvalue weighted by atomic mass is 32.2. The summed E-state index contributed by atoms with van der Waals surface area (Å²) in [4.78, 5) is 17.2. The topological polar surface area (TPSA) is 60.9 Å². The van der Waals surface area contributed by atoms with Crippen molar-refractivity contribution in [2.24, 2.45) is 0 Å². The van der Waals surface area contributed by atoms with Gasteiger partial charge in [0.25, 0.3) is 0 Å². The number of hydrogen-bond donors (Lipinski definition) is 0. The number of rotatable bonds is 6. The number of benzene rings is 1. The smallest absolute Gasteiger partial charge is 0.246 e. The maximum absolute atomic E-state index is 13.1. The van der Waals surface area contributed by atoms with Crippen molar-refractivity contribution < 1.29 is 13.2 Å². The van der Waals surface area contributed by atoms with Gasteiger partial charge in [-0.25, -0.2) is 8.42 Å². The Bertz CT molecular complexity index is 740. The predicted molar refractivity (Wildman–Crippen MR) is 106 cm³/mol. The largest absolute Gasteiger partial charge is 0.338 e. The Morgan fingerprint density at radius 1 is 1.12 bits per heavy atom. The Balaban J connectivity index is 2.33. The van der Waals surface area contributed by atoms with E-state index < -0.39 is 16.1 Å². The van der Waals surface area contributed by atoms with Crippen LogP contribution in [0.2, 0.25) is 0 Å². The monoisotopic (exact) mass is 381 g/mol. The van der Waals surface area contributed by atoms with E-state index in [-0.39, 0.29) is 5.91 Å². The van der Waals surface area contributed by atoms with Gasteiger partial charge in [-0.15, -0.1) is 0 Å². The van der Waals surface area contributed by atoms with Gasteiger partial charge in [0.15, 0.2) is 0 Å². The quantitative estimate of drug-likeness (QED) is 0.756. The average Bonchev–Trinajstić information content (AvgIpc) is 2.60. The highest BCUT2D eigenvalue weighted by Gasteiger charge is 2.35. The van der Waals surface area contributed by atoms with E-state index in [0.29, 0.717) is 25.2 Å². The van der Waals surface area contributed by atoms with Crippen LogP contribution in [0.15, 0.2) is 18.2 Å². The summed E-state index contributed by atoms with van der Waals surface area (Å²) in [6.45, 7) is 11.8. The summed E-state index contributed by atoms with van der Waals surface area (Å²) in [6, 6.07) is 4.83. The molecule has 26 heavy (non-hydrogen) atoms. The molecule has 1 aliphatic rings. The number of piperazine rings is 1. The fraction of sp³-hybridized carbons (Fsp3) is 0.632. The summed E-state index contributed by atoms with van der Waals surface area (Å²) >= 11 is 0. The van der Waals surface area contributed by atoms with Crippen molar-refractivity contribution in [2.75, 3.05) is 43.3 Å². The molecular formula is C19H31N3O3S. The molecule has 0 radical (unpaired) electrons. The van der Waals surface area contributed by atoms with Gasteiger partial charge in [0.2, 0.25) is 15.9 Å². The third-order valence-corrected chi connectivity index (χ3v) is 6.37. The van der Waals surface area contributed by atoms with Crippen LogP contribution in [0.5, 0.6) is 0 Å². The molecule has 2 rings (SSSR count). The summed E-state index contributed by atoms with van der Waals surface area (Å²) in [5.41, 5.74) is 2.66. The average molecular weight is 382 g/mol. The van der Waals surface area contributed by atoms with E-state index in [4.69, 9.17) is 0 Å². The summed E-state index contributed by atoms with van der Waals surface area (Å²) in [7, 11) is -3.58. The van der Waals surface area contributed by atoms with Gasteiger partial charge in [0.05, 0.1) is 11.9 Å². The second kappa shape index (κ2) is 8.39. The zero-order valence-corrected chi connectivity index (χ0v) is 17.3. The Kier molecular flexibility index (Phi) is 6.69. The minimum Gasteiger partial charge on any atom is -0.338 e. The Labute approximate surface area is 157 Å². The van der Waals surface area contributed by atoms with Gasteiger partial charge in [-0.05, 0) is 50.1 Å². The van der Waals surface area contributed by atoms with E-state index in [9.17, 15) is 13.2 Å². The molecule has 0 saturated carbocycles. The second-order valence-electron chi connectivity index (χ2n) is 7.01. The van der Waals surface area contributed by atoms with Gasteiger partial charge in [0, 0.05) is 26.2 Å². The Morgan fingerprint density at radius 2 is 1.73 bits per heavy atom. The molecule has 0 N–H and O–H groups in total. The van der Waals surface area contributed by atoms with Crippen LogP contribution in [0.1, 0.15) is 31.4 Å². The van der Waals surface area contributed by atoms with Crippen LogP contribution in [0.4, 0.5) is 5.69 Å². The fourth-order valence-electron chi connectivity index (χ4n) is 3.40. The van der Waals surface area contributed by atoms with Crippen LogP contribution in [0.3, 0.4) is 0 Å². The van der Waals surface area contributed by atoms with E-state index in [1.165, 1.54) is 10.6 Å². The number of aryl methyl sites for hydroxylation is 2. The zero-order chi connectivity index (χ0) is 19.5. The molecule has 7 heteroatoms. The van der Waals surface area contributed by atoms with Crippen molar-refractivity contribution in [2.45, 2.75) is 40.2 Å². The Morgan fingerprint density at radius 3 is 2.19 bits per heavy atom. The number of nitrogens with zero attached hydrogens (tertiary/aromatic N) is 3. The third-order valence-electron chi connectivity index (χ3n) is 5.19. The van der Waals surface area contributed by atoms with Gasteiger partial charge in [-0.3, -0.25) is 9.10 Å². The number of sulfonamides is 1. The lowest BCUT2D eigenvalue weighted by Gasteiger charge is -2.38. The molecule has 6 nitrogen and oxygen atoms in total. The van der Waals surface area contributed by atoms with Gasteiger partial charge in [0.1, 0.15) is 6.04 Å². The number of likely N-dealkylation sites (N-methyl/N-ethyl adjacent to an activating group) is 1. The lowest BCUT2D eigenvalue weighted by molar-refractivity contribution is -0.134. The summed E-state index contributed by atoms with van der Waals surface area (Å²) < 4.78 is 26.4. The highest BCUT2D eigenvalue weighted by molar-refractivity contribution is 7.92. The molecule has 0 spiro atoms. The predicted octanol–water partition coefficient (Wildman–Crippen LogP) is 2.01. The van der Waals surface area contributed by atoms with Crippen molar-refractivity contribution in [3.63, 3.8) is 0 Å². The molecule has 1 heterocycles.